The van der Waals surface area contributed by atoms with E-state index in [0.29, 0.717) is 0 Å². The van der Waals surface area contributed by atoms with E-state index in [0.717, 1.165) is 17.8 Å². The summed E-state index contributed by atoms with van der Waals surface area (Å²) >= 11 is 0. The van der Waals surface area contributed by atoms with Crippen molar-refractivity contribution in [3.05, 3.63) is 12.2 Å². The molecule has 0 saturated carbocycles. The SMILES string of the molecule is CCC1C=C[C@H]2CNCC2C1. The average Bonchev–Trinajstić information content (AvgIpc) is 2.50. The Labute approximate surface area is 68.9 Å². The molecule has 1 aliphatic carbocycles. The molecule has 0 amide bonds. The van der Waals surface area contributed by atoms with Crippen LogP contribution in [0.3, 0.4) is 0 Å². The van der Waals surface area contributed by atoms with Crippen molar-refractivity contribution in [3.63, 3.8) is 0 Å². The normalized spacial score (nSPS) is 42.5. The summed E-state index contributed by atoms with van der Waals surface area (Å²) in [4.78, 5) is 0. The van der Waals surface area contributed by atoms with Crippen molar-refractivity contribution >= 4 is 0 Å². The highest BCUT2D eigenvalue weighted by molar-refractivity contribution is 5.04. The zero-order valence-electron chi connectivity index (χ0n) is 7.22. The van der Waals surface area contributed by atoms with Crippen LogP contribution in [0.25, 0.3) is 0 Å². The summed E-state index contributed by atoms with van der Waals surface area (Å²) in [5.41, 5.74) is 0. The molecule has 1 aliphatic heterocycles. The molecule has 3 atom stereocenters. The zero-order valence-corrected chi connectivity index (χ0v) is 7.22. The number of nitrogens with one attached hydrogen (secondary N) is 1. The standard InChI is InChI=1S/C10H17N/c1-2-8-3-4-9-6-11-7-10(9)5-8/h3-4,8-11H,2,5-7H2,1H3/t8?,9-,10?/m0/s1. The van der Waals surface area contributed by atoms with Crippen LogP contribution in [0, 0.1) is 17.8 Å². The van der Waals surface area contributed by atoms with Gasteiger partial charge < -0.3 is 5.32 Å². The third kappa shape index (κ3) is 1.34. The van der Waals surface area contributed by atoms with Crippen molar-refractivity contribution < 1.29 is 0 Å². The van der Waals surface area contributed by atoms with E-state index in [2.05, 4.69) is 24.4 Å². The van der Waals surface area contributed by atoms with Gasteiger partial charge in [-0.05, 0) is 37.1 Å². The molecule has 11 heavy (non-hydrogen) atoms. The molecule has 0 aromatic heterocycles. The second kappa shape index (κ2) is 2.98. The lowest BCUT2D eigenvalue weighted by Gasteiger charge is -2.24. The Morgan fingerprint density at radius 1 is 1.36 bits per heavy atom. The Morgan fingerprint density at radius 2 is 2.27 bits per heavy atom. The van der Waals surface area contributed by atoms with Crippen LogP contribution in [0.4, 0.5) is 0 Å². The molecule has 1 heteroatoms. The first-order valence-corrected chi connectivity index (χ1v) is 4.79. The lowest BCUT2D eigenvalue weighted by atomic mass is 9.80. The van der Waals surface area contributed by atoms with Gasteiger partial charge in [0.2, 0.25) is 0 Å². The van der Waals surface area contributed by atoms with Crippen LogP contribution < -0.4 is 5.32 Å². The maximum Gasteiger partial charge on any atom is 0.00174 e. The predicted molar refractivity (Wildman–Crippen MR) is 47.4 cm³/mol. The smallest absolute Gasteiger partial charge is 0.00174 e. The molecule has 1 heterocycles. The second-order valence-corrected chi connectivity index (χ2v) is 3.87. The van der Waals surface area contributed by atoms with Gasteiger partial charge in [0.15, 0.2) is 0 Å². The van der Waals surface area contributed by atoms with Crippen molar-refractivity contribution in [1.29, 1.82) is 0 Å². The van der Waals surface area contributed by atoms with Gasteiger partial charge in [-0.25, -0.2) is 0 Å². The van der Waals surface area contributed by atoms with E-state index in [9.17, 15) is 0 Å². The first-order valence-electron chi connectivity index (χ1n) is 4.79. The zero-order chi connectivity index (χ0) is 7.68. The van der Waals surface area contributed by atoms with Crippen LogP contribution in [0.1, 0.15) is 19.8 Å². The fraction of sp³-hybridized carbons (Fsp3) is 0.800. The van der Waals surface area contributed by atoms with Crippen molar-refractivity contribution in [2.45, 2.75) is 19.8 Å². The maximum atomic E-state index is 3.46. The van der Waals surface area contributed by atoms with Crippen molar-refractivity contribution in [1.82, 2.24) is 5.32 Å². The van der Waals surface area contributed by atoms with E-state index in [1.807, 2.05) is 0 Å². The fourth-order valence-electron chi connectivity index (χ4n) is 2.31. The second-order valence-electron chi connectivity index (χ2n) is 3.87. The Kier molecular flexibility index (Phi) is 1.99. The molecule has 2 unspecified atom stereocenters. The van der Waals surface area contributed by atoms with Crippen LogP contribution in [0.5, 0.6) is 0 Å². The molecule has 62 valence electrons. The molecule has 1 fully saturated rings. The molecule has 0 aromatic rings. The van der Waals surface area contributed by atoms with Gasteiger partial charge in [-0.15, -0.1) is 0 Å². The topological polar surface area (TPSA) is 12.0 Å². The lowest BCUT2D eigenvalue weighted by molar-refractivity contribution is 0.365. The lowest BCUT2D eigenvalue weighted by Crippen LogP contribution is -2.18. The maximum absolute atomic E-state index is 3.46. The summed E-state index contributed by atoms with van der Waals surface area (Å²) in [5.74, 6) is 2.68. The first kappa shape index (κ1) is 7.35. The van der Waals surface area contributed by atoms with Gasteiger partial charge in [0, 0.05) is 6.54 Å². The number of rotatable bonds is 1. The van der Waals surface area contributed by atoms with Gasteiger partial charge in [0.05, 0.1) is 0 Å². The third-order valence-corrected chi connectivity index (χ3v) is 3.15. The van der Waals surface area contributed by atoms with Gasteiger partial charge in [0.1, 0.15) is 0 Å². The monoisotopic (exact) mass is 151 g/mol. The molecule has 0 aromatic carbocycles. The van der Waals surface area contributed by atoms with Gasteiger partial charge in [-0.3, -0.25) is 0 Å². The van der Waals surface area contributed by atoms with Crippen LogP contribution >= 0.6 is 0 Å². The van der Waals surface area contributed by atoms with E-state index in [1.54, 1.807) is 0 Å². The summed E-state index contributed by atoms with van der Waals surface area (Å²) in [6, 6.07) is 0. The highest BCUT2D eigenvalue weighted by Crippen LogP contribution is 2.31. The summed E-state index contributed by atoms with van der Waals surface area (Å²) in [6.45, 7) is 4.76. The van der Waals surface area contributed by atoms with Gasteiger partial charge in [-0.1, -0.05) is 19.1 Å². The Hall–Kier alpha value is -0.300. The third-order valence-electron chi connectivity index (χ3n) is 3.15. The molecule has 2 aliphatic rings. The Morgan fingerprint density at radius 3 is 3.09 bits per heavy atom. The summed E-state index contributed by atoms with van der Waals surface area (Å²) in [5, 5.41) is 3.46. The van der Waals surface area contributed by atoms with Crippen molar-refractivity contribution in [2.75, 3.05) is 13.1 Å². The Balaban J connectivity index is 2.03. The van der Waals surface area contributed by atoms with E-state index in [4.69, 9.17) is 0 Å². The van der Waals surface area contributed by atoms with Crippen LogP contribution in [0.15, 0.2) is 12.2 Å². The molecule has 0 bridgehead atoms. The van der Waals surface area contributed by atoms with Crippen LogP contribution in [-0.4, -0.2) is 13.1 Å². The molecule has 2 rings (SSSR count). The summed E-state index contributed by atoms with van der Waals surface area (Å²) in [6.07, 6.45) is 7.60. The first-order chi connectivity index (χ1) is 5.40. The molecule has 1 saturated heterocycles. The Bertz CT molecular complexity index is 162. The van der Waals surface area contributed by atoms with E-state index in [-0.39, 0.29) is 0 Å². The van der Waals surface area contributed by atoms with Gasteiger partial charge >= 0.3 is 0 Å². The molecule has 1 N–H and O–H groups in total. The summed E-state index contributed by atoms with van der Waals surface area (Å²) in [7, 11) is 0. The largest absolute Gasteiger partial charge is 0.316 e. The van der Waals surface area contributed by atoms with E-state index < -0.39 is 0 Å². The molecular formula is C10H17N. The van der Waals surface area contributed by atoms with Crippen LogP contribution in [-0.2, 0) is 0 Å². The van der Waals surface area contributed by atoms with E-state index in [1.165, 1.54) is 25.9 Å². The molecular weight excluding hydrogens is 134 g/mol. The quantitative estimate of drug-likeness (QED) is 0.564. The highest BCUT2D eigenvalue weighted by atomic mass is 14.9. The average molecular weight is 151 g/mol. The molecule has 1 nitrogen and oxygen atoms in total. The molecule has 0 spiro atoms. The van der Waals surface area contributed by atoms with Crippen molar-refractivity contribution in [2.24, 2.45) is 17.8 Å². The molecule has 0 radical (unpaired) electrons. The van der Waals surface area contributed by atoms with Gasteiger partial charge in [0.25, 0.3) is 0 Å². The summed E-state index contributed by atoms with van der Waals surface area (Å²) < 4.78 is 0. The van der Waals surface area contributed by atoms with Gasteiger partial charge in [-0.2, -0.15) is 0 Å². The number of allylic oxidation sites excluding steroid dienone is 1. The predicted octanol–water partition coefficient (Wildman–Crippen LogP) is 1.81. The number of fused-ring (bicyclic) bond motifs is 1. The minimum absolute atomic E-state index is 0.859. The van der Waals surface area contributed by atoms with E-state index >= 15 is 0 Å². The number of hydrogen-bond donors (Lipinski definition) is 1. The highest BCUT2D eigenvalue weighted by Gasteiger charge is 2.29. The minimum Gasteiger partial charge on any atom is -0.316 e. The van der Waals surface area contributed by atoms with Crippen LogP contribution in [0.2, 0.25) is 0 Å². The van der Waals surface area contributed by atoms with Crippen molar-refractivity contribution in [3.8, 4) is 0 Å². The minimum atomic E-state index is 0.859. The fourth-order valence-corrected chi connectivity index (χ4v) is 2.31. The number of hydrogen-bond acceptors (Lipinski definition) is 1.